The third-order valence-electron chi connectivity index (χ3n) is 4.46. The van der Waals surface area contributed by atoms with E-state index in [1.54, 1.807) is 11.3 Å². The molecule has 1 atom stereocenters. The Kier molecular flexibility index (Phi) is 6.93. The van der Waals surface area contributed by atoms with Crippen LogP contribution in [-0.2, 0) is 4.74 Å². The lowest BCUT2D eigenvalue weighted by Gasteiger charge is -2.25. The first-order valence-electron chi connectivity index (χ1n) is 9.34. The summed E-state index contributed by atoms with van der Waals surface area (Å²) in [4.78, 5) is 6.00. The Morgan fingerprint density at radius 2 is 1.89 bits per heavy atom. The molecular weight excluding hydrogens is 374 g/mol. The molecule has 2 aromatic carbocycles. The summed E-state index contributed by atoms with van der Waals surface area (Å²) in [5, 5.41) is 10.6. The topological polar surface area (TPSA) is 42.4 Å². The molecule has 27 heavy (non-hydrogen) atoms. The van der Waals surface area contributed by atoms with Crippen LogP contribution in [0.4, 0.5) is 0 Å². The van der Waals surface area contributed by atoms with Crippen LogP contribution in [0.2, 0.25) is 0 Å². The van der Waals surface area contributed by atoms with Crippen molar-refractivity contribution in [3.05, 3.63) is 48.5 Å². The molecule has 0 fully saturated rings. The first kappa shape index (κ1) is 20.3. The number of nitrogens with zero attached hydrogens (tertiary/aromatic N) is 1. The predicted octanol–water partition coefficient (Wildman–Crippen LogP) is 6.01. The molecule has 3 aromatic rings. The first-order valence-corrected chi connectivity index (χ1v) is 11.0. The third kappa shape index (κ3) is 5.79. The van der Waals surface area contributed by atoms with Crippen LogP contribution in [0.3, 0.4) is 0 Å². The molecule has 0 bridgehead atoms. The Labute approximate surface area is 169 Å². The van der Waals surface area contributed by atoms with Gasteiger partial charge in [-0.2, -0.15) is 0 Å². The summed E-state index contributed by atoms with van der Waals surface area (Å²) < 4.78 is 7.13. The Morgan fingerprint density at radius 1 is 1.15 bits per heavy atom. The van der Waals surface area contributed by atoms with Gasteiger partial charge >= 0.3 is 0 Å². The minimum Gasteiger partial charge on any atom is -0.396 e. The predicted molar refractivity (Wildman–Crippen MR) is 117 cm³/mol. The molecule has 5 heteroatoms. The number of hydrogen-bond acceptors (Lipinski definition) is 5. The average molecular weight is 402 g/mol. The number of aromatic nitrogens is 1. The van der Waals surface area contributed by atoms with Gasteiger partial charge in [0.05, 0.1) is 15.8 Å². The number of hydrogen-bond donors (Lipinski definition) is 1. The Balaban J connectivity index is 1.54. The largest absolute Gasteiger partial charge is 0.396 e. The fourth-order valence-electron chi connectivity index (χ4n) is 2.81. The number of fused-ring (bicyclic) bond motifs is 1. The maximum Gasteiger partial charge on any atom is 0.124 e. The highest BCUT2D eigenvalue weighted by Gasteiger charge is 2.18. The molecule has 144 valence electrons. The van der Waals surface area contributed by atoms with Gasteiger partial charge in [0.15, 0.2) is 0 Å². The SMILES string of the molecule is CC(CCOC(C)(C)CCO)Sc1ccc(-c2nc3ccccc3s2)cc1. The van der Waals surface area contributed by atoms with Gasteiger partial charge in [-0.3, -0.25) is 0 Å². The lowest BCUT2D eigenvalue weighted by Crippen LogP contribution is -2.27. The van der Waals surface area contributed by atoms with Crippen molar-refractivity contribution in [1.29, 1.82) is 0 Å². The van der Waals surface area contributed by atoms with Crippen molar-refractivity contribution >= 4 is 33.3 Å². The number of para-hydroxylation sites is 1. The van der Waals surface area contributed by atoms with Gasteiger partial charge in [-0.1, -0.05) is 31.2 Å². The van der Waals surface area contributed by atoms with Crippen molar-refractivity contribution < 1.29 is 9.84 Å². The molecule has 0 aliphatic carbocycles. The van der Waals surface area contributed by atoms with E-state index in [9.17, 15) is 0 Å². The molecule has 0 saturated heterocycles. The highest BCUT2D eigenvalue weighted by Crippen LogP contribution is 2.32. The lowest BCUT2D eigenvalue weighted by atomic mass is 10.1. The van der Waals surface area contributed by atoms with Crippen molar-refractivity contribution in [3.8, 4) is 10.6 Å². The molecule has 1 N–H and O–H groups in total. The van der Waals surface area contributed by atoms with Gasteiger partial charge in [-0.05, 0) is 51.0 Å². The molecule has 0 aliphatic rings. The number of aliphatic hydroxyl groups excluding tert-OH is 1. The highest BCUT2D eigenvalue weighted by molar-refractivity contribution is 7.99. The molecule has 0 radical (unpaired) electrons. The van der Waals surface area contributed by atoms with Crippen LogP contribution < -0.4 is 0 Å². The average Bonchev–Trinajstić information content (AvgIpc) is 3.06. The monoisotopic (exact) mass is 401 g/mol. The minimum absolute atomic E-state index is 0.165. The highest BCUT2D eigenvalue weighted by atomic mass is 32.2. The van der Waals surface area contributed by atoms with E-state index < -0.39 is 0 Å². The Bertz CT molecular complexity index is 825. The van der Waals surface area contributed by atoms with Crippen LogP contribution in [-0.4, -0.2) is 34.2 Å². The fraction of sp³-hybridized carbons (Fsp3) is 0.409. The zero-order valence-corrected chi connectivity index (χ0v) is 17.8. The van der Waals surface area contributed by atoms with Gasteiger partial charge < -0.3 is 9.84 Å². The van der Waals surface area contributed by atoms with Gasteiger partial charge in [0.25, 0.3) is 0 Å². The number of ether oxygens (including phenoxy) is 1. The van der Waals surface area contributed by atoms with Crippen molar-refractivity contribution in [2.45, 2.75) is 49.4 Å². The third-order valence-corrected chi connectivity index (χ3v) is 6.73. The second-order valence-electron chi connectivity index (χ2n) is 7.31. The van der Waals surface area contributed by atoms with Crippen LogP contribution in [0.15, 0.2) is 53.4 Å². The smallest absolute Gasteiger partial charge is 0.124 e. The zero-order chi connectivity index (χ0) is 19.3. The van der Waals surface area contributed by atoms with E-state index in [0.29, 0.717) is 18.3 Å². The van der Waals surface area contributed by atoms with Gasteiger partial charge in [0.1, 0.15) is 5.01 Å². The van der Waals surface area contributed by atoms with Crippen LogP contribution in [0.5, 0.6) is 0 Å². The van der Waals surface area contributed by atoms with E-state index in [-0.39, 0.29) is 12.2 Å². The molecule has 0 aliphatic heterocycles. The number of thioether (sulfide) groups is 1. The summed E-state index contributed by atoms with van der Waals surface area (Å²) in [5.41, 5.74) is 1.98. The van der Waals surface area contributed by atoms with Crippen molar-refractivity contribution in [2.24, 2.45) is 0 Å². The summed E-state index contributed by atoms with van der Waals surface area (Å²) >= 11 is 3.61. The lowest BCUT2D eigenvalue weighted by molar-refractivity contribution is -0.0332. The molecule has 3 nitrogen and oxygen atoms in total. The molecule has 0 amide bonds. The van der Waals surface area contributed by atoms with Crippen LogP contribution in [0.1, 0.15) is 33.6 Å². The van der Waals surface area contributed by atoms with Gasteiger partial charge in [-0.15, -0.1) is 23.1 Å². The van der Waals surface area contributed by atoms with Crippen LogP contribution in [0, 0.1) is 0 Å². The quantitative estimate of drug-likeness (QED) is 0.446. The van der Waals surface area contributed by atoms with E-state index >= 15 is 0 Å². The molecule has 0 spiro atoms. The molecule has 3 rings (SSSR count). The van der Waals surface area contributed by atoms with Gasteiger partial charge in [0.2, 0.25) is 0 Å². The molecule has 1 unspecified atom stereocenters. The van der Waals surface area contributed by atoms with E-state index in [2.05, 4.69) is 49.4 Å². The van der Waals surface area contributed by atoms with E-state index in [0.717, 1.165) is 16.9 Å². The zero-order valence-electron chi connectivity index (χ0n) is 16.1. The number of benzene rings is 2. The summed E-state index contributed by atoms with van der Waals surface area (Å²) in [6, 6.07) is 16.9. The van der Waals surface area contributed by atoms with E-state index in [1.165, 1.54) is 15.2 Å². The second-order valence-corrected chi connectivity index (χ2v) is 9.85. The van der Waals surface area contributed by atoms with Gasteiger partial charge in [-0.25, -0.2) is 4.98 Å². The van der Waals surface area contributed by atoms with Crippen molar-refractivity contribution in [2.75, 3.05) is 13.2 Å². The van der Waals surface area contributed by atoms with Crippen molar-refractivity contribution in [3.63, 3.8) is 0 Å². The number of rotatable bonds is 9. The van der Waals surface area contributed by atoms with Crippen LogP contribution >= 0.6 is 23.1 Å². The molecular formula is C22H27NO2S2. The molecule has 0 saturated carbocycles. The summed E-state index contributed by atoms with van der Waals surface area (Å²) in [5.74, 6) is 0. The van der Waals surface area contributed by atoms with Crippen LogP contribution in [0.25, 0.3) is 20.8 Å². The minimum atomic E-state index is -0.252. The Hall–Kier alpha value is -1.40. The second kappa shape index (κ2) is 9.20. The fourth-order valence-corrected chi connectivity index (χ4v) is 4.75. The van der Waals surface area contributed by atoms with Gasteiger partial charge in [0, 0.05) is 28.9 Å². The normalized spacial score (nSPS) is 13.2. The Morgan fingerprint density at radius 3 is 2.59 bits per heavy atom. The maximum atomic E-state index is 9.06. The number of thiazole rings is 1. The van der Waals surface area contributed by atoms with E-state index in [1.807, 2.05) is 31.7 Å². The summed E-state index contributed by atoms with van der Waals surface area (Å²) in [6.45, 7) is 7.17. The first-order chi connectivity index (χ1) is 13.0. The summed E-state index contributed by atoms with van der Waals surface area (Å²) in [6.07, 6.45) is 1.65. The number of aliphatic hydroxyl groups is 1. The maximum absolute atomic E-state index is 9.06. The standard InChI is InChI=1S/C22H27NO2S2/c1-16(12-15-25-22(2,3)13-14-24)26-18-10-8-17(9-11-18)21-23-19-6-4-5-7-20(19)27-21/h4-11,16,24H,12-15H2,1-3H3. The molecule has 1 aromatic heterocycles. The molecule has 1 heterocycles. The van der Waals surface area contributed by atoms with Crippen molar-refractivity contribution in [1.82, 2.24) is 4.98 Å². The van der Waals surface area contributed by atoms with E-state index in [4.69, 9.17) is 14.8 Å². The summed E-state index contributed by atoms with van der Waals surface area (Å²) in [7, 11) is 0.